The summed E-state index contributed by atoms with van der Waals surface area (Å²) in [6.45, 7) is 2.25. The fraction of sp³-hybridized carbons (Fsp3) is 0.375. The molecule has 0 N–H and O–H groups in total. The van der Waals surface area contributed by atoms with Crippen LogP contribution in [0.25, 0.3) is 10.8 Å². The van der Waals surface area contributed by atoms with Gasteiger partial charge in [-0.2, -0.15) is 9.40 Å². The zero-order valence-corrected chi connectivity index (χ0v) is 19.1. The maximum Gasteiger partial charge on any atom is 0.253 e. The first kappa shape index (κ1) is 21.8. The fourth-order valence-electron chi connectivity index (χ4n) is 4.45. The van der Waals surface area contributed by atoms with Gasteiger partial charge in [-0.15, -0.1) is 5.10 Å². The normalized spacial score (nSPS) is 18.0. The minimum atomic E-state index is -3.48. The summed E-state index contributed by atoms with van der Waals surface area (Å²) < 4.78 is 33.0. The van der Waals surface area contributed by atoms with Crippen LogP contribution in [-0.4, -0.2) is 66.0 Å². The molecule has 1 amide bonds. The average Bonchev–Trinajstić information content (AvgIpc) is 3.41. The minimum Gasteiger partial charge on any atom is -0.473 e. The van der Waals surface area contributed by atoms with E-state index in [1.807, 2.05) is 24.3 Å². The van der Waals surface area contributed by atoms with Crippen molar-refractivity contribution in [2.75, 3.05) is 26.2 Å². The Hall–Kier alpha value is -3.04. The van der Waals surface area contributed by atoms with Gasteiger partial charge in [0.25, 0.3) is 5.91 Å². The maximum absolute atomic E-state index is 13.0. The molecular formula is C24H26N4O4S. The van der Waals surface area contributed by atoms with Crippen molar-refractivity contribution in [2.24, 2.45) is 0 Å². The van der Waals surface area contributed by atoms with E-state index < -0.39 is 10.0 Å². The molecule has 0 unspecified atom stereocenters. The number of ether oxygens (including phenoxy) is 1. The molecule has 3 aromatic rings. The first-order valence-electron chi connectivity index (χ1n) is 11.3. The maximum atomic E-state index is 13.0. The fourth-order valence-corrected chi connectivity index (χ4v) is 5.97. The zero-order valence-electron chi connectivity index (χ0n) is 18.3. The quantitative estimate of drug-likeness (QED) is 0.574. The van der Waals surface area contributed by atoms with E-state index in [2.05, 4.69) is 10.2 Å². The van der Waals surface area contributed by atoms with Crippen LogP contribution in [0.5, 0.6) is 5.88 Å². The number of piperidine rings is 1. The number of hydrogen-bond acceptors (Lipinski definition) is 6. The molecule has 2 saturated heterocycles. The van der Waals surface area contributed by atoms with Gasteiger partial charge in [-0.25, -0.2) is 8.42 Å². The van der Waals surface area contributed by atoms with Gasteiger partial charge in [-0.1, -0.05) is 18.2 Å². The third-order valence-electron chi connectivity index (χ3n) is 6.35. The smallest absolute Gasteiger partial charge is 0.253 e. The molecule has 2 aliphatic heterocycles. The van der Waals surface area contributed by atoms with Crippen molar-refractivity contribution in [1.82, 2.24) is 19.4 Å². The Labute approximate surface area is 193 Å². The predicted octanol–water partition coefficient (Wildman–Crippen LogP) is 3.10. The van der Waals surface area contributed by atoms with E-state index in [-0.39, 0.29) is 16.9 Å². The SMILES string of the molecule is O=C(c1ccc(S(=O)(=O)N2CCCC2)cc1)N1CCC(Oc2nncc3ccccc23)CC1. The Morgan fingerprint density at radius 1 is 0.939 bits per heavy atom. The van der Waals surface area contributed by atoms with Gasteiger partial charge in [-0.05, 0) is 43.2 Å². The number of sulfonamides is 1. The van der Waals surface area contributed by atoms with Crippen LogP contribution in [0.1, 0.15) is 36.0 Å². The highest BCUT2D eigenvalue weighted by Gasteiger charge is 2.28. The van der Waals surface area contributed by atoms with E-state index in [4.69, 9.17) is 4.74 Å². The van der Waals surface area contributed by atoms with Crippen LogP contribution in [0.3, 0.4) is 0 Å². The molecule has 0 spiro atoms. The summed E-state index contributed by atoms with van der Waals surface area (Å²) in [4.78, 5) is 15.0. The highest BCUT2D eigenvalue weighted by atomic mass is 32.2. The Balaban J connectivity index is 1.21. The van der Waals surface area contributed by atoms with Crippen molar-refractivity contribution in [3.63, 3.8) is 0 Å². The lowest BCUT2D eigenvalue weighted by molar-refractivity contribution is 0.0589. The van der Waals surface area contributed by atoms with Crippen LogP contribution in [0.4, 0.5) is 0 Å². The highest BCUT2D eigenvalue weighted by Crippen LogP contribution is 2.26. The second-order valence-corrected chi connectivity index (χ2v) is 10.4. The van der Waals surface area contributed by atoms with E-state index in [9.17, 15) is 13.2 Å². The molecule has 9 heteroatoms. The lowest BCUT2D eigenvalue weighted by atomic mass is 10.1. The lowest BCUT2D eigenvalue weighted by Gasteiger charge is -2.32. The Morgan fingerprint density at radius 2 is 1.64 bits per heavy atom. The van der Waals surface area contributed by atoms with E-state index in [1.165, 1.54) is 16.4 Å². The largest absolute Gasteiger partial charge is 0.473 e. The van der Waals surface area contributed by atoms with E-state index in [0.717, 1.165) is 23.6 Å². The third kappa shape index (κ3) is 4.43. The molecule has 2 fully saturated rings. The number of aromatic nitrogens is 2. The molecule has 1 aromatic heterocycles. The molecule has 0 aliphatic carbocycles. The van der Waals surface area contributed by atoms with Crippen LogP contribution < -0.4 is 4.74 Å². The topological polar surface area (TPSA) is 92.7 Å². The summed E-state index contributed by atoms with van der Waals surface area (Å²) in [5.41, 5.74) is 0.495. The standard InChI is InChI=1S/C24H26N4O4S/c29-24(18-7-9-21(10-8-18)33(30,31)28-13-3-4-14-28)27-15-11-20(12-16-27)32-23-22-6-2-1-5-19(22)17-25-26-23/h1-2,5-10,17,20H,3-4,11-16H2. The second-order valence-electron chi connectivity index (χ2n) is 8.48. The first-order valence-corrected chi connectivity index (χ1v) is 12.7. The molecule has 172 valence electrons. The predicted molar refractivity (Wildman–Crippen MR) is 124 cm³/mol. The van der Waals surface area contributed by atoms with Crippen LogP contribution >= 0.6 is 0 Å². The molecule has 5 rings (SSSR count). The van der Waals surface area contributed by atoms with E-state index >= 15 is 0 Å². The van der Waals surface area contributed by atoms with Crippen molar-refractivity contribution in [1.29, 1.82) is 0 Å². The summed E-state index contributed by atoms with van der Waals surface area (Å²) in [6.07, 6.45) is 4.84. The number of hydrogen-bond donors (Lipinski definition) is 0. The number of carbonyl (C=O) groups is 1. The molecular weight excluding hydrogens is 440 g/mol. The number of rotatable bonds is 5. The van der Waals surface area contributed by atoms with Crippen LogP contribution in [0, 0.1) is 0 Å². The number of likely N-dealkylation sites (tertiary alicyclic amines) is 1. The van der Waals surface area contributed by atoms with Crippen LogP contribution in [0.15, 0.2) is 59.6 Å². The number of carbonyl (C=O) groups excluding carboxylic acids is 1. The number of nitrogens with zero attached hydrogens (tertiary/aromatic N) is 4. The number of amides is 1. The van der Waals surface area contributed by atoms with Gasteiger partial charge in [0.05, 0.1) is 11.1 Å². The molecule has 0 saturated carbocycles. The summed E-state index contributed by atoms with van der Waals surface area (Å²) >= 11 is 0. The summed E-state index contributed by atoms with van der Waals surface area (Å²) in [6, 6.07) is 14.1. The Morgan fingerprint density at radius 3 is 2.36 bits per heavy atom. The number of fused-ring (bicyclic) bond motifs is 1. The van der Waals surface area contributed by atoms with Crippen molar-refractivity contribution in [2.45, 2.75) is 36.7 Å². The van der Waals surface area contributed by atoms with E-state index in [1.54, 1.807) is 23.2 Å². The average molecular weight is 467 g/mol. The first-order chi connectivity index (χ1) is 16.0. The van der Waals surface area contributed by atoms with Gasteiger partial charge in [0.15, 0.2) is 0 Å². The Bertz CT molecular complexity index is 1240. The molecule has 33 heavy (non-hydrogen) atoms. The Kier molecular flexibility index (Phi) is 5.99. The van der Waals surface area contributed by atoms with E-state index in [0.29, 0.717) is 50.5 Å². The molecule has 8 nitrogen and oxygen atoms in total. The lowest BCUT2D eigenvalue weighted by Crippen LogP contribution is -2.41. The molecule has 2 aromatic carbocycles. The molecule has 0 radical (unpaired) electrons. The molecule has 2 aliphatic rings. The van der Waals surface area contributed by atoms with Gasteiger partial charge < -0.3 is 9.64 Å². The molecule has 0 atom stereocenters. The summed E-state index contributed by atoms with van der Waals surface area (Å²) in [5.74, 6) is 0.427. The third-order valence-corrected chi connectivity index (χ3v) is 8.26. The second kappa shape index (κ2) is 9.07. The molecule has 0 bridgehead atoms. The van der Waals surface area contributed by atoms with Crippen molar-refractivity contribution in [3.8, 4) is 5.88 Å². The van der Waals surface area contributed by atoms with Gasteiger partial charge >= 0.3 is 0 Å². The monoisotopic (exact) mass is 466 g/mol. The summed E-state index contributed by atoms with van der Waals surface area (Å²) in [7, 11) is -3.48. The molecule has 3 heterocycles. The van der Waals surface area contributed by atoms with Gasteiger partial charge in [-0.3, -0.25) is 4.79 Å². The van der Waals surface area contributed by atoms with Crippen molar-refractivity contribution in [3.05, 3.63) is 60.3 Å². The van der Waals surface area contributed by atoms with Crippen molar-refractivity contribution >= 4 is 26.7 Å². The van der Waals surface area contributed by atoms with Crippen LogP contribution in [0.2, 0.25) is 0 Å². The summed E-state index contributed by atoms with van der Waals surface area (Å²) in [5, 5.41) is 10.1. The number of benzene rings is 2. The van der Waals surface area contributed by atoms with Crippen molar-refractivity contribution < 1.29 is 17.9 Å². The highest BCUT2D eigenvalue weighted by molar-refractivity contribution is 7.89. The van der Waals surface area contributed by atoms with Gasteiger partial charge in [0, 0.05) is 55.4 Å². The van der Waals surface area contributed by atoms with Crippen LogP contribution in [-0.2, 0) is 10.0 Å². The van der Waals surface area contributed by atoms with Gasteiger partial charge in [0.2, 0.25) is 15.9 Å². The minimum absolute atomic E-state index is 0.0397. The zero-order chi connectivity index (χ0) is 22.8. The van der Waals surface area contributed by atoms with Gasteiger partial charge in [0.1, 0.15) is 6.10 Å².